The third-order valence-corrected chi connectivity index (χ3v) is 6.91. The summed E-state index contributed by atoms with van der Waals surface area (Å²) >= 11 is 1.54. The van der Waals surface area contributed by atoms with E-state index in [0.29, 0.717) is 54.9 Å². The Morgan fingerprint density at radius 3 is 2.31 bits per heavy atom. The zero-order chi connectivity index (χ0) is 22.7. The topological polar surface area (TPSA) is 90.7 Å². The molecule has 2 aromatic rings. The molecule has 3 heterocycles. The molecule has 1 aromatic heterocycles. The molecule has 4 rings (SSSR count). The first kappa shape index (κ1) is 22.3. The Labute approximate surface area is 190 Å². The summed E-state index contributed by atoms with van der Waals surface area (Å²) in [6.45, 7) is 2.03. The van der Waals surface area contributed by atoms with Gasteiger partial charge in [0.05, 0.1) is 47.1 Å². The van der Waals surface area contributed by atoms with E-state index < -0.39 is 6.04 Å². The lowest BCUT2D eigenvalue weighted by Gasteiger charge is -2.34. The molecule has 0 aliphatic carbocycles. The fourth-order valence-electron chi connectivity index (χ4n) is 3.97. The van der Waals surface area contributed by atoms with Crippen LogP contribution in [0.15, 0.2) is 35.1 Å². The highest BCUT2D eigenvalue weighted by molar-refractivity contribution is 7.99. The minimum atomic E-state index is -0.607. The van der Waals surface area contributed by atoms with Crippen LogP contribution < -0.4 is 14.2 Å². The molecule has 2 amide bonds. The normalized spacial score (nSPS) is 20.8. The van der Waals surface area contributed by atoms with Crippen molar-refractivity contribution in [3.8, 4) is 17.2 Å². The van der Waals surface area contributed by atoms with Crippen molar-refractivity contribution >= 4 is 23.6 Å². The first-order valence-electron chi connectivity index (χ1n) is 10.2. The Morgan fingerprint density at radius 2 is 1.75 bits per heavy atom. The number of nitrogens with zero attached hydrogens (tertiary/aromatic N) is 2. The predicted octanol–water partition coefficient (Wildman–Crippen LogP) is 2.42. The summed E-state index contributed by atoms with van der Waals surface area (Å²) in [5, 5.41) is -0.352. The largest absolute Gasteiger partial charge is 0.493 e. The molecule has 0 radical (unpaired) electrons. The van der Waals surface area contributed by atoms with Crippen LogP contribution in [0.25, 0.3) is 0 Å². The van der Waals surface area contributed by atoms with Crippen molar-refractivity contribution in [3.05, 3.63) is 41.9 Å². The Hall–Kier alpha value is -2.85. The monoisotopic (exact) mass is 462 g/mol. The highest BCUT2D eigenvalue weighted by atomic mass is 32.2. The summed E-state index contributed by atoms with van der Waals surface area (Å²) in [7, 11) is 4.50. The molecule has 2 unspecified atom stereocenters. The third-order valence-electron chi connectivity index (χ3n) is 5.58. The molecule has 9 nitrogen and oxygen atoms in total. The van der Waals surface area contributed by atoms with E-state index in [0.717, 1.165) is 5.56 Å². The van der Waals surface area contributed by atoms with E-state index in [1.54, 1.807) is 34.5 Å². The first-order chi connectivity index (χ1) is 15.6. The Morgan fingerprint density at radius 1 is 1.06 bits per heavy atom. The smallest absolute Gasteiger partial charge is 0.256 e. The molecule has 2 aliphatic heterocycles. The molecule has 2 fully saturated rings. The first-order valence-corrected chi connectivity index (χ1v) is 11.3. The van der Waals surface area contributed by atoms with Gasteiger partial charge in [0.25, 0.3) is 5.91 Å². The predicted molar refractivity (Wildman–Crippen MR) is 117 cm³/mol. The van der Waals surface area contributed by atoms with Crippen molar-refractivity contribution in [2.24, 2.45) is 0 Å². The molecule has 2 aliphatic rings. The number of carbonyl (C=O) groups is 2. The van der Waals surface area contributed by atoms with Gasteiger partial charge in [-0.25, -0.2) is 0 Å². The second-order valence-electron chi connectivity index (χ2n) is 7.32. The summed E-state index contributed by atoms with van der Waals surface area (Å²) in [6, 6.07) is 4.42. The lowest BCUT2D eigenvalue weighted by Crippen LogP contribution is -2.52. The number of hydrogen-bond acceptors (Lipinski definition) is 8. The van der Waals surface area contributed by atoms with E-state index >= 15 is 0 Å². The van der Waals surface area contributed by atoms with E-state index in [4.69, 9.17) is 23.4 Å². The van der Waals surface area contributed by atoms with Gasteiger partial charge in [0, 0.05) is 30.0 Å². The molecule has 2 atom stereocenters. The van der Waals surface area contributed by atoms with Gasteiger partial charge in [0.2, 0.25) is 11.7 Å². The molecule has 32 heavy (non-hydrogen) atoms. The lowest BCUT2D eigenvalue weighted by molar-refractivity contribution is -0.139. The highest BCUT2D eigenvalue weighted by Crippen LogP contribution is 2.44. The quantitative estimate of drug-likeness (QED) is 0.647. The lowest BCUT2D eigenvalue weighted by atomic mass is 10.1. The van der Waals surface area contributed by atoms with E-state index in [1.165, 1.54) is 33.1 Å². The number of amides is 2. The van der Waals surface area contributed by atoms with Crippen LogP contribution in [-0.4, -0.2) is 81.0 Å². The van der Waals surface area contributed by atoms with Crippen LogP contribution in [0.3, 0.4) is 0 Å². The Kier molecular flexibility index (Phi) is 6.80. The molecule has 1 aromatic carbocycles. The van der Waals surface area contributed by atoms with Crippen molar-refractivity contribution in [2.45, 2.75) is 11.4 Å². The number of carbonyl (C=O) groups excluding carboxylic acids is 2. The second-order valence-corrected chi connectivity index (χ2v) is 8.44. The van der Waals surface area contributed by atoms with E-state index in [2.05, 4.69) is 0 Å². The van der Waals surface area contributed by atoms with Crippen LogP contribution in [-0.2, 0) is 9.53 Å². The molecule has 0 saturated carbocycles. The van der Waals surface area contributed by atoms with Crippen molar-refractivity contribution in [1.82, 2.24) is 9.80 Å². The summed E-state index contributed by atoms with van der Waals surface area (Å²) in [5.74, 6) is 1.26. The van der Waals surface area contributed by atoms with Crippen LogP contribution >= 0.6 is 11.8 Å². The number of ether oxygens (including phenoxy) is 4. The third kappa shape index (κ3) is 4.12. The van der Waals surface area contributed by atoms with Crippen LogP contribution in [0, 0.1) is 0 Å². The number of morpholine rings is 1. The van der Waals surface area contributed by atoms with Crippen molar-refractivity contribution in [2.75, 3.05) is 53.4 Å². The Balaban J connectivity index is 1.71. The number of rotatable bonds is 6. The maximum absolute atomic E-state index is 13.8. The van der Waals surface area contributed by atoms with Gasteiger partial charge in [-0.15, -0.1) is 11.8 Å². The summed E-state index contributed by atoms with van der Waals surface area (Å²) in [4.78, 5) is 30.6. The number of hydrogen-bond donors (Lipinski definition) is 0. The molecule has 2 saturated heterocycles. The standard InChI is InChI=1S/C22H26N2O7S/c1-27-17-10-15(11-18(28-2)19(17)29-3)20(25)24-16(21(26)23-5-8-30-9-6-23)13-32-22(24)14-4-7-31-12-14/h4,7,10-12,16,22H,5-6,8-9,13H2,1-3H3. The van der Waals surface area contributed by atoms with Crippen LogP contribution in [0.5, 0.6) is 17.2 Å². The molecular formula is C22H26N2O7S. The SMILES string of the molecule is COc1cc(C(=O)N2C(C(=O)N3CCOCC3)CSC2c2ccoc2)cc(OC)c1OC. The minimum absolute atomic E-state index is 0.0763. The minimum Gasteiger partial charge on any atom is -0.493 e. The molecule has 172 valence electrons. The van der Waals surface area contributed by atoms with Gasteiger partial charge in [-0.05, 0) is 18.2 Å². The van der Waals surface area contributed by atoms with E-state index in [1.807, 2.05) is 6.07 Å². The summed E-state index contributed by atoms with van der Waals surface area (Å²) in [6.07, 6.45) is 3.17. The second kappa shape index (κ2) is 9.74. The fraction of sp³-hybridized carbons (Fsp3) is 0.455. The van der Waals surface area contributed by atoms with Crippen LogP contribution in [0.1, 0.15) is 21.3 Å². The van der Waals surface area contributed by atoms with Gasteiger partial charge in [-0.2, -0.15) is 0 Å². The van der Waals surface area contributed by atoms with Gasteiger partial charge >= 0.3 is 0 Å². The van der Waals surface area contributed by atoms with Crippen LogP contribution in [0.2, 0.25) is 0 Å². The van der Waals surface area contributed by atoms with Gasteiger partial charge < -0.3 is 33.2 Å². The zero-order valence-electron chi connectivity index (χ0n) is 18.2. The number of benzene rings is 1. The summed E-state index contributed by atoms with van der Waals surface area (Å²) in [5.41, 5.74) is 1.17. The van der Waals surface area contributed by atoms with Crippen molar-refractivity contribution in [3.63, 3.8) is 0 Å². The molecular weight excluding hydrogens is 436 g/mol. The van der Waals surface area contributed by atoms with Gasteiger partial charge in [-0.3, -0.25) is 9.59 Å². The van der Waals surface area contributed by atoms with Crippen molar-refractivity contribution < 1.29 is 33.0 Å². The number of thioether (sulfide) groups is 1. The molecule has 0 bridgehead atoms. The maximum Gasteiger partial charge on any atom is 0.256 e. The van der Waals surface area contributed by atoms with E-state index in [9.17, 15) is 9.59 Å². The zero-order valence-corrected chi connectivity index (χ0v) is 19.1. The molecule has 0 N–H and O–H groups in total. The van der Waals surface area contributed by atoms with Gasteiger partial charge in [-0.1, -0.05) is 0 Å². The average Bonchev–Trinajstić information content (AvgIpc) is 3.52. The molecule has 10 heteroatoms. The number of furan rings is 1. The fourth-order valence-corrected chi connectivity index (χ4v) is 5.36. The van der Waals surface area contributed by atoms with Crippen molar-refractivity contribution in [1.29, 1.82) is 0 Å². The number of methoxy groups -OCH3 is 3. The van der Waals surface area contributed by atoms with E-state index in [-0.39, 0.29) is 17.2 Å². The van der Waals surface area contributed by atoms with Crippen LogP contribution in [0.4, 0.5) is 0 Å². The van der Waals surface area contributed by atoms with Gasteiger partial charge in [0.15, 0.2) is 11.5 Å². The maximum atomic E-state index is 13.8. The average molecular weight is 463 g/mol. The molecule has 0 spiro atoms. The Bertz CT molecular complexity index is 934. The summed E-state index contributed by atoms with van der Waals surface area (Å²) < 4.78 is 26.8. The highest BCUT2D eigenvalue weighted by Gasteiger charge is 2.44. The van der Waals surface area contributed by atoms with Gasteiger partial charge in [0.1, 0.15) is 11.4 Å².